The maximum absolute atomic E-state index is 4.59. The summed E-state index contributed by atoms with van der Waals surface area (Å²) in [6.07, 6.45) is 2.51. The summed E-state index contributed by atoms with van der Waals surface area (Å²) in [6.45, 7) is 11.8. The van der Waals surface area contributed by atoms with Crippen LogP contribution in [0.15, 0.2) is 4.47 Å². The van der Waals surface area contributed by atoms with Crippen LogP contribution in [0.3, 0.4) is 0 Å². The highest BCUT2D eigenvalue weighted by Crippen LogP contribution is 2.24. The Bertz CT molecular complexity index is 414. The Hall–Kier alpha value is -0.390. The molecule has 108 valence electrons. The third-order valence-corrected chi connectivity index (χ3v) is 4.93. The Balaban J connectivity index is 2.14. The predicted octanol–water partition coefficient (Wildman–Crippen LogP) is 2.55. The Labute approximate surface area is 124 Å². The van der Waals surface area contributed by atoms with Gasteiger partial charge in [0.1, 0.15) is 0 Å². The van der Waals surface area contributed by atoms with Crippen LogP contribution in [0.25, 0.3) is 0 Å². The van der Waals surface area contributed by atoms with Gasteiger partial charge in [-0.15, -0.1) is 0 Å². The number of aromatic nitrogens is 2. The van der Waals surface area contributed by atoms with Crippen molar-refractivity contribution in [1.29, 1.82) is 0 Å². The normalized spacial score (nSPS) is 20.9. The van der Waals surface area contributed by atoms with Gasteiger partial charge in [0, 0.05) is 38.8 Å². The third-order valence-electron chi connectivity index (χ3n) is 3.90. The molecule has 0 aromatic carbocycles. The summed E-state index contributed by atoms with van der Waals surface area (Å²) in [4.78, 5) is 2.60. The first-order valence-corrected chi connectivity index (χ1v) is 8.13. The van der Waals surface area contributed by atoms with Gasteiger partial charge in [0.15, 0.2) is 0 Å². The summed E-state index contributed by atoms with van der Waals surface area (Å²) in [5, 5.41) is 8.10. The number of nitrogens with zero attached hydrogens (tertiary/aromatic N) is 3. The summed E-state index contributed by atoms with van der Waals surface area (Å²) in [5.41, 5.74) is 2.42. The molecule has 1 aromatic heterocycles. The van der Waals surface area contributed by atoms with E-state index in [0.717, 1.165) is 38.4 Å². The van der Waals surface area contributed by atoms with Gasteiger partial charge in [-0.05, 0) is 36.2 Å². The van der Waals surface area contributed by atoms with Crippen molar-refractivity contribution in [3.8, 4) is 0 Å². The van der Waals surface area contributed by atoms with E-state index >= 15 is 0 Å². The molecule has 0 saturated carbocycles. The van der Waals surface area contributed by atoms with E-state index in [0.29, 0.717) is 6.04 Å². The number of piperazine rings is 1. The van der Waals surface area contributed by atoms with E-state index < -0.39 is 0 Å². The van der Waals surface area contributed by atoms with E-state index in [1.165, 1.54) is 23.0 Å². The molecule has 1 aliphatic heterocycles. The van der Waals surface area contributed by atoms with Crippen molar-refractivity contribution in [1.82, 2.24) is 20.0 Å². The van der Waals surface area contributed by atoms with Crippen LogP contribution < -0.4 is 5.32 Å². The largest absolute Gasteiger partial charge is 0.314 e. The predicted molar refractivity (Wildman–Crippen MR) is 82.3 cm³/mol. The summed E-state index contributed by atoms with van der Waals surface area (Å²) < 4.78 is 3.31. The molecular formula is C14H25BrN4. The molecule has 1 fully saturated rings. The van der Waals surface area contributed by atoms with Crippen molar-refractivity contribution in [2.75, 3.05) is 19.6 Å². The second-order valence-electron chi connectivity index (χ2n) is 5.28. The molecule has 1 aromatic rings. The Morgan fingerprint density at radius 3 is 2.89 bits per heavy atom. The molecule has 2 rings (SSSR count). The van der Waals surface area contributed by atoms with Crippen LogP contribution in [0.2, 0.25) is 0 Å². The van der Waals surface area contributed by atoms with Crippen LogP contribution >= 0.6 is 15.9 Å². The van der Waals surface area contributed by atoms with Gasteiger partial charge in [-0.25, -0.2) is 0 Å². The lowest BCUT2D eigenvalue weighted by Crippen LogP contribution is -2.50. The van der Waals surface area contributed by atoms with E-state index in [2.05, 4.69) is 56.7 Å². The standard InChI is InChI=1S/C14H25BrN4/c1-4-6-12-9-16-7-8-18(12)10-13-14(15)11(3)17-19(13)5-2/h12,16H,4-10H2,1-3H3. The summed E-state index contributed by atoms with van der Waals surface area (Å²) in [7, 11) is 0. The van der Waals surface area contributed by atoms with Crippen LogP contribution in [0, 0.1) is 6.92 Å². The average molecular weight is 329 g/mol. The minimum atomic E-state index is 0.658. The van der Waals surface area contributed by atoms with E-state index in [1.54, 1.807) is 0 Å². The maximum Gasteiger partial charge on any atom is 0.0739 e. The molecular weight excluding hydrogens is 304 g/mol. The highest BCUT2D eigenvalue weighted by atomic mass is 79.9. The van der Waals surface area contributed by atoms with Crippen molar-refractivity contribution >= 4 is 15.9 Å². The third kappa shape index (κ3) is 3.38. The van der Waals surface area contributed by atoms with Gasteiger partial charge in [0.2, 0.25) is 0 Å². The van der Waals surface area contributed by atoms with Gasteiger partial charge < -0.3 is 5.32 Å². The molecule has 5 heteroatoms. The maximum atomic E-state index is 4.59. The van der Waals surface area contributed by atoms with Crippen molar-refractivity contribution in [3.63, 3.8) is 0 Å². The number of rotatable bonds is 5. The Morgan fingerprint density at radius 1 is 1.42 bits per heavy atom. The van der Waals surface area contributed by atoms with Gasteiger partial charge in [0.05, 0.1) is 15.9 Å². The lowest BCUT2D eigenvalue weighted by molar-refractivity contribution is 0.140. The van der Waals surface area contributed by atoms with Gasteiger partial charge in [-0.2, -0.15) is 5.10 Å². The molecule has 1 saturated heterocycles. The average Bonchev–Trinajstić information content (AvgIpc) is 2.69. The zero-order valence-corrected chi connectivity index (χ0v) is 13.8. The first kappa shape index (κ1) is 15.0. The lowest BCUT2D eigenvalue weighted by atomic mass is 10.1. The molecule has 1 N–H and O–H groups in total. The van der Waals surface area contributed by atoms with Crippen LogP contribution in [0.5, 0.6) is 0 Å². The van der Waals surface area contributed by atoms with Crippen LogP contribution in [-0.2, 0) is 13.1 Å². The Kier molecular flexibility index (Phi) is 5.42. The van der Waals surface area contributed by atoms with Gasteiger partial charge in [0.25, 0.3) is 0 Å². The quantitative estimate of drug-likeness (QED) is 0.901. The summed E-state index contributed by atoms with van der Waals surface area (Å²) in [6, 6.07) is 0.658. The van der Waals surface area contributed by atoms with E-state index in [-0.39, 0.29) is 0 Å². The molecule has 0 bridgehead atoms. The second kappa shape index (κ2) is 6.86. The monoisotopic (exact) mass is 328 g/mol. The van der Waals surface area contributed by atoms with Gasteiger partial charge in [-0.1, -0.05) is 13.3 Å². The fraction of sp³-hybridized carbons (Fsp3) is 0.786. The number of nitrogens with one attached hydrogen (secondary N) is 1. The van der Waals surface area contributed by atoms with Crippen molar-refractivity contribution in [3.05, 3.63) is 15.9 Å². The molecule has 1 atom stereocenters. The van der Waals surface area contributed by atoms with Crippen LogP contribution in [0.4, 0.5) is 0 Å². The molecule has 0 radical (unpaired) electrons. The molecule has 0 aliphatic carbocycles. The molecule has 4 nitrogen and oxygen atoms in total. The Morgan fingerprint density at radius 2 is 2.21 bits per heavy atom. The van der Waals surface area contributed by atoms with Crippen molar-refractivity contribution < 1.29 is 0 Å². The first-order valence-electron chi connectivity index (χ1n) is 7.33. The smallest absolute Gasteiger partial charge is 0.0739 e. The topological polar surface area (TPSA) is 33.1 Å². The first-order chi connectivity index (χ1) is 9.17. The summed E-state index contributed by atoms with van der Waals surface area (Å²) in [5.74, 6) is 0. The van der Waals surface area contributed by atoms with Gasteiger partial charge >= 0.3 is 0 Å². The fourth-order valence-corrected chi connectivity index (χ4v) is 3.25. The van der Waals surface area contributed by atoms with Crippen molar-refractivity contribution in [2.24, 2.45) is 0 Å². The number of halogens is 1. The molecule has 1 unspecified atom stereocenters. The second-order valence-corrected chi connectivity index (χ2v) is 6.07. The fourth-order valence-electron chi connectivity index (χ4n) is 2.84. The molecule has 2 heterocycles. The minimum Gasteiger partial charge on any atom is -0.314 e. The van der Waals surface area contributed by atoms with Crippen LogP contribution in [-0.4, -0.2) is 40.4 Å². The SMILES string of the molecule is CCCC1CNCCN1Cc1c(Br)c(C)nn1CC. The number of hydrogen-bond acceptors (Lipinski definition) is 3. The lowest BCUT2D eigenvalue weighted by Gasteiger charge is -2.36. The van der Waals surface area contributed by atoms with E-state index in [4.69, 9.17) is 0 Å². The molecule has 1 aliphatic rings. The highest BCUT2D eigenvalue weighted by Gasteiger charge is 2.24. The van der Waals surface area contributed by atoms with Crippen LogP contribution in [0.1, 0.15) is 38.1 Å². The highest BCUT2D eigenvalue weighted by molar-refractivity contribution is 9.10. The molecule has 19 heavy (non-hydrogen) atoms. The molecule has 0 spiro atoms. The summed E-state index contributed by atoms with van der Waals surface area (Å²) >= 11 is 3.70. The van der Waals surface area contributed by atoms with E-state index in [1.807, 2.05) is 0 Å². The van der Waals surface area contributed by atoms with Gasteiger partial charge in [-0.3, -0.25) is 9.58 Å². The van der Waals surface area contributed by atoms with Crippen molar-refractivity contribution in [2.45, 2.75) is 52.7 Å². The number of hydrogen-bond donors (Lipinski definition) is 1. The zero-order chi connectivity index (χ0) is 13.8. The zero-order valence-electron chi connectivity index (χ0n) is 12.2. The van der Waals surface area contributed by atoms with E-state index in [9.17, 15) is 0 Å². The minimum absolute atomic E-state index is 0.658. The number of aryl methyl sites for hydroxylation is 2. The molecule has 0 amide bonds.